The second-order valence-electron chi connectivity index (χ2n) is 5.86. The molecule has 0 spiro atoms. The molecule has 2 amide bonds. The molecule has 0 aliphatic heterocycles. The zero-order valence-electron chi connectivity index (χ0n) is 12.5. The van der Waals surface area contributed by atoms with E-state index in [0.717, 1.165) is 5.56 Å². The molecular formula is C15H22N2O4. The van der Waals surface area contributed by atoms with E-state index in [0.29, 0.717) is 0 Å². The Morgan fingerprint density at radius 1 is 1.29 bits per heavy atom. The molecule has 0 bridgehead atoms. The highest BCUT2D eigenvalue weighted by atomic mass is 16.6. The zero-order chi connectivity index (χ0) is 16.0. The number of alkyl carbamates (subject to hydrolysis) is 1. The lowest BCUT2D eigenvalue weighted by Crippen LogP contribution is -2.47. The van der Waals surface area contributed by atoms with Gasteiger partial charge in [-0.25, -0.2) is 4.79 Å². The minimum atomic E-state index is -1.56. The standard InChI is InChI=1S/C15H22N2O4/c1-15(2,3)17-14(20)21-11(12(18)13(16)19)9-10-7-5-4-6-8-10/h4-8,11-12,18H,9H2,1-3H3,(H2,16,19)(H,17,20)/t11-,12?/m0/s1. The molecule has 0 heterocycles. The van der Waals surface area contributed by atoms with Gasteiger partial charge in [-0.1, -0.05) is 30.3 Å². The van der Waals surface area contributed by atoms with Gasteiger partial charge in [0.1, 0.15) is 6.10 Å². The van der Waals surface area contributed by atoms with Crippen molar-refractivity contribution in [2.75, 3.05) is 0 Å². The maximum absolute atomic E-state index is 11.8. The van der Waals surface area contributed by atoms with Gasteiger partial charge in [0.25, 0.3) is 0 Å². The van der Waals surface area contributed by atoms with Gasteiger partial charge in [0.2, 0.25) is 5.91 Å². The van der Waals surface area contributed by atoms with Crippen molar-refractivity contribution in [3.8, 4) is 0 Å². The van der Waals surface area contributed by atoms with E-state index in [1.807, 2.05) is 30.3 Å². The Kier molecular flexibility index (Phi) is 5.72. The topological polar surface area (TPSA) is 102 Å². The highest BCUT2D eigenvalue weighted by Crippen LogP contribution is 2.11. The van der Waals surface area contributed by atoms with Crippen LogP contribution in [0.4, 0.5) is 4.79 Å². The number of nitrogens with one attached hydrogen (secondary N) is 1. The number of rotatable bonds is 5. The average Bonchev–Trinajstić information content (AvgIpc) is 2.36. The number of hydrogen-bond acceptors (Lipinski definition) is 4. The molecular weight excluding hydrogens is 272 g/mol. The van der Waals surface area contributed by atoms with Crippen LogP contribution in [0.3, 0.4) is 0 Å². The van der Waals surface area contributed by atoms with Crippen LogP contribution < -0.4 is 11.1 Å². The summed E-state index contributed by atoms with van der Waals surface area (Å²) in [6.07, 6.45) is -3.10. The summed E-state index contributed by atoms with van der Waals surface area (Å²) in [5.41, 5.74) is 5.44. The smallest absolute Gasteiger partial charge is 0.407 e. The summed E-state index contributed by atoms with van der Waals surface area (Å²) in [7, 11) is 0. The minimum absolute atomic E-state index is 0.197. The predicted octanol–water partition coefficient (Wildman–Crippen LogP) is 0.969. The van der Waals surface area contributed by atoms with Gasteiger partial charge in [0.05, 0.1) is 0 Å². The summed E-state index contributed by atoms with van der Waals surface area (Å²) in [5, 5.41) is 12.4. The monoisotopic (exact) mass is 294 g/mol. The number of aliphatic hydroxyl groups is 1. The van der Waals surface area contributed by atoms with E-state index in [9.17, 15) is 14.7 Å². The summed E-state index contributed by atoms with van der Waals surface area (Å²) < 4.78 is 5.15. The van der Waals surface area contributed by atoms with Gasteiger partial charge in [-0.15, -0.1) is 0 Å². The molecule has 21 heavy (non-hydrogen) atoms. The normalized spacial score (nSPS) is 14.1. The number of aliphatic hydroxyl groups excluding tert-OH is 1. The van der Waals surface area contributed by atoms with Gasteiger partial charge in [0, 0.05) is 12.0 Å². The lowest BCUT2D eigenvalue weighted by atomic mass is 10.0. The van der Waals surface area contributed by atoms with Crippen LogP contribution in [0.2, 0.25) is 0 Å². The lowest BCUT2D eigenvalue weighted by Gasteiger charge is -2.25. The molecule has 0 aliphatic rings. The van der Waals surface area contributed by atoms with Gasteiger partial charge >= 0.3 is 6.09 Å². The molecule has 0 aromatic heterocycles. The first-order valence-corrected chi connectivity index (χ1v) is 6.69. The van der Waals surface area contributed by atoms with Crippen LogP contribution in [0.1, 0.15) is 26.3 Å². The van der Waals surface area contributed by atoms with E-state index in [4.69, 9.17) is 10.5 Å². The molecule has 2 atom stereocenters. The van der Waals surface area contributed by atoms with Gasteiger partial charge in [0.15, 0.2) is 6.10 Å². The molecule has 0 saturated carbocycles. The zero-order valence-corrected chi connectivity index (χ0v) is 12.5. The van der Waals surface area contributed by atoms with Crippen molar-refractivity contribution in [1.82, 2.24) is 5.32 Å². The Balaban J connectivity index is 2.78. The maximum Gasteiger partial charge on any atom is 0.407 e. The van der Waals surface area contributed by atoms with E-state index in [-0.39, 0.29) is 6.42 Å². The highest BCUT2D eigenvalue weighted by molar-refractivity contribution is 5.80. The quantitative estimate of drug-likeness (QED) is 0.753. The fourth-order valence-corrected chi connectivity index (χ4v) is 1.72. The van der Waals surface area contributed by atoms with Crippen molar-refractivity contribution in [3.63, 3.8) is 0 Å². The number of carbonyl (C=O) groups is 2. The van der Waals surface area contributed by atoms with Crippen molar-refractivity contribution in [2.45, 2.75) is 44.9 Å². The van der Waals surface area contributed by atoms with Crippen LogP contribution >= 0.6 is 0 Å². The van der Waals surface area contributed by atoms with Crippen LogP contribution in [0, 0.1) is 0 Å². The summed E-state index contributed by atoms with van der Waals surface area (Å²) >= 11 is 0. The Morgan fingerprint density at radius 3 is 2.33 bits per heavy atom. The highest BCUT2D eigenvalue weighted by Gasteiger charge is 2.29. The van der Waals surface area contributed by atoms with Crippen LogP contribution in [0.25, 0.3) is 0 Å². The summed E-state index contributed by atoms with van der Waals surface area (Å²) in [6, 6.07) is 9.10. The molecule has 6 nitrogen and oxygen atoms in total. The molecule has 0 saturated heterocycles. The summed E-state index contributed by atoms with van der Waals surface area (Å²) in [5.74, 6) is -0.931. The molecule has 1 aromatic carbocycles. The molecule has 6 heteroatoms. The summed E-state index contributed by atoms with van der Waals surface area (Å²) in [6.45, 7) is 5.39. The third kappa shape index (κ3) is 6.27. The van der Waals surface area contributed by atoms with E-state index in [1.165, 1.54) is 0 Å². The van der Waals surface area contributed by atoms with Crippen LogP contribution in [0.15, 0.2) is 30.3 Å². The first-order valence-electron chi connectivity index (χ1n) is 6.69. The molecule has 1 rings (SSSR count). The van der Waals surface area contributed by atoms with Gasteiger partial charge in [-0.05, 0) is 26.3 Å². The Labute approximate surface area is 124 Å². The molecule has 0 aliphatic carbocycles. The van der Waals surface area contributed by atoms with Crippen molar-refractivity contribution in [3.05, 3.63) is 35.9 Å². The van der Waals surface area contributed by atoms with Gasteiger partial charge < -0.3 is 20.9 Å². The van der Waals surface area contributed by atoms with Gasteiger partial charge in [-0.2, -0.15) is 0 Å². The number of benzene rings is 1. The lowest BCUT2D eigenvalue weighted by molar-refractivity contribution is -0.131. The SMILES string of the molecule is CC(C)(C)NC(=O)O[C@@H](Cc1ccccc1)C(O)C(N)=O. The third-order valence-electron chi connectivity index (χ3n) is 2.66. The van der Waals surface area contributed by atoms with E-state index in [2.05, 4.69) is 5.32 Å². The van der Waals surface area contributed by atoms with Crippen LogP contribution in [0.5, 0.6) is 0 Å². The second kappa shape index (κ2) is 7.08. The summed E-state index contributed by atoms with van der Waals surface area (Å²) in [4.78, 5) is 22.9. The average molecular weight is 294 g/mol. The minimum Gasteiger partial charge on any atom is -0.443 e. The van der Waals surface area contributed by atoms with Crippen molar-refractivity contribution in [1.29, 1.82) is 0 Å². The fourth-order valence-electron chi connectivity index (χ4n) is 1.72. The van der Waals surface area contributed by atoms with E-state index in [1.54, 1.807) is 20.8 Å². The number of hydrogen-bond donors (Lipinski definition) is 3. The maximum atomic E-state index is 11.8. The van der Waals surface area contributed by atoms with Gasteiger partial charge in [-0.3, -0.25) is 4.79 Å². The number of primary amides is 1. The molecule has 116 valence electrons. The predicted molar refractivity (Wildman–Crippen MR) is 78.5 cm³/mol. The Hall–Kier alpha value is -2.08. The number of amides is 2. The molecule has 0 fully saturated rings. The second-order valence-corrected chi connectivity index (χ2v) is 5.86. The number of ether oxygens (including phenoxy) is 1. The Bertz CT molecular complexity index is 482. The number of carbonyl (C=O) groups excluding carboxylic acids is 2. The van der Waals surface area contributed by atoms with E-state index < -0.39 is 29.7 Å². The molecule has 1 aromatic rings. The fraction of sp³-hybridized carbons (Fsp3) is 0.467. The first-order chi connectivity index (χ1) is 9.69. The number of nitrogens with two attached hydrogens (primary N) is 1. The van der Waals surface area contributed by atoms with Crippen molar-refractivity contribution < 1.29 is 19.4 Å². The van der Waals surface area contributed by atoms with E-state index >= 15 is 0 Å². The Morgan fingerprint density at radius 2 is 1.86 bits per heavy atom. The molecule has 4 N–H and O–H groups in total. The molecule has 1 unspecified atom stereocenters. The van der Waals surface area contributed by atoms with Crippen LogP contribution in [-0.2, 0) is 16.0 Å². The van der Waals surface area contributed by atoms with Crippen molar-refractivity contribution >= 4 is 12.0 Å². The first kappa shape index (κ1) is 17.0. The molecule has 0 radical (unpaired) electrons. The largest absolute Gasteiger partial charge is 0.443 e. The van der Waals surface area contributed by atoms with Crippen LogP contribution in [-0.4, -0.2) is 34.9 Å². The van der Waals surface area contributed by atoms with Crippen molar-refractivity contribution in [2.24, 2.45) is 5.73 Å². The third-order valence-corrected chi connectivity index (χ3v) is 2.66.